The molecule has 6 aromatic carbocycles. The van der Waals surface area contributed by atoms with Crippen molar-refractivity contribution in [2.75, 3.05) is 13.2 Å². The van der Waals surface area contributed by atoms with Crippen LogP contribution in [0.25, 0.3) is 32.7 Å². The maximum atomic E-state index is 14.5. The van der Waals surface area contributed by atoms with Gasteiger partial charge in [-0.3, -0.25) is 0 Å². The second-order valence-corrected chi connectivity index (χ2v) is 21.3. The lowest BCUT2D eigenvalue weighted by atomic mass is 9.92. The molecule has 0 radical (unpaired) electrons. The fraction of sp³-hybridized carbons (Fsp3) is 0.452. The minimum absolute atomic E-state index is 0.351. The maximum Gasteiger partial charge on any atom is 0.347 e. The van der Waals surface area contributed by atoms with E-state index in [0.29, 0.717) is 58.5 Å². The molecule has 0 fully saturated rings. The molecule has 0 atom stereocenters. The fourth-order valence-electron chi connectivity index (χ4n) is 9.32. The Labute approximate surface area is 446 Å². The maximum absolute atomic E-state index is 14.5. The lowest BCUT2D eigenvalue weighted by Crippen LogP contribution is -2.14. The standard InChI is InChI=1S/C62H76I2O6/c1-3-5-7-9-11-13-15-17-19-21-23-29-43-67-55-41-37-49(63)45-53(55)61(65)69-57-39-35-47-31-25-27-33-51(47)59(57)60-52-34-28-26-32-48(52)36-40-58(60)70-62(66)54-46-50(64)38-42-56(54)68-44-30-24-22-20-18-16-14-12-10-8-6-4-2/h25-28,31-42,45-46H,3-24,29-30,43-44H2,1-2H3. The molecular weight excluding hydrogens is 1090 g/mol. The molecule has 0 spiro atoms. The number of halogens is 2. The van der Waals surface area contributed by atoms with Gasteiger partial charge >= 0.3 is 11.9 Å². The van der Waals surface area contributed by atoms with E-state index in [1.807, 2.05) is 109 Å². The van der Waals surface area contributed by atoms with Crippen LogP contribution in [0.5, 0.6) is 23.0 Å². The van der Waals surface area contributed by atoms with Crippen LogP contribution in [0.3, 0.4) is 0 Å². The largest absolute Gasteiger partial charge is 0.493 e. The molecule has 0 heterocycles. The highest BCUT2D eigenvalue weighted by Gasteiger charge is 2.25. The van der Waals surface area contributed by atoms with Crippen molar-refractivity contribution in [1.29, 1.82) is 0 Å². The fourth-order valence-corrected chi connectivity index (χ4v) is 10.3. The number of fused-ring (bicyclic) bond motifs is 2. The van der Waals surface area contributed by atoms with E-state index in [9.17, 15) is 9.59 Å². The summed E-state index contributed by atoms with van der Waals surface area (Å²) in [4.78, 5) is 28.9. The van der Waals surface area contributed by atoms with Gasteiger partial charge in [-0.1, -0.05) is 216 Å². The van der Waals surface area contributed by atoms with Crippen LogP contribution in [0, 0.1) is 7.14 Å². The van der Waals surface area contributed by atoms with E-state index in [4.69, 9.17) is 18.9 Å². The lowest BCUT2D eigenvalue weighted by molar-refractivity contribution is 0.0718. The number of ether oxygens (including phenoxy) is 4. The number of carbonyl (C=O) groups is 2. The van der Waals surface area contributed by atoms with E-state index in [1.54, 1.807) is 0 Å². The highest BCUT2D eigenvalue weighted by molar-refractivity contribution is 14.1. The van der Waals surface area contributed by atoms with Crippen LogP contribution in [0.4, 0.5) is 0 Å². The van der Waals surface area contributed by atoms with E-state index in [1.165, 1.54) is 128 Å². The topological polar surface area (TPSA) is 71.1 Å². The highest BCUT2D eigenvalue weighted by Crippen LogP contribution is 2.46. The van der Waals surface area contributed by atoms with Gasteiger partial charge < -0.3 is 18.9 Å². The van der Waals surface area contributed by atoms with Crippen molar-refractivity contribution < 1.29 is 28.5 Å². The molecule has 8 heteroatoms. The summed E-state index contributed by atoms with van der Waals surface area (Å²) in [5.74, 6) is 0.669. The number of rotatable bonds is 33. The predicted octanol–water partition coefficient (Wildman–Crippen LogP) is 19.5. The Morgan fingerprint density at radius 3 is 1.04 bits per heavy atom. The van der Waals surface area contributed by atoms with Crippen molar-refractivity contribution in [1.82, 2.24) is 0 Å². The Bertz CT molecular complexity index is 2360. The van der Waals surface area contributed by atoms with Gasteiger partial charge in [0, 0.05) is 18.3 Å². The van der Waals surface area contributed by atoms with E-state index < -0.39 is 11.9 Å². The second-order valence-electron chi connectivity index (χ2n) is 18.9. The van der Waals surface area contributed by atoms with Crippen molar-refractivity contribution >= 4 is 78.7 Å². The van der Waals surface area contributed by atoms with Gasteiger partial charge in [0.1, 0.15) is 34.1 Å². The van der Waals surface area contributed by atoms with Gasteiger partial charge in [-0.05, 0) is 128 Å². The monoisotopic (exact) mass is 1170 g/mol. The molecule has 0 amide bonds. The smallest absolute Gasteiger partial charge is 0.347 e. The summed E-state index contributed by atoms with van der Waals surface area (Å²) < 4.78 is 27.3. The highest BCUT2D eigenvalue weighted by atomic mass is 127. The Morgan fingerprint density at radius 2 is 0.686 bits per heavy atom. The van der Waals surface area contributed by atoms with Gasteiger partial charge in [0.05, 0.1) is 13.2 Å². The third-order valence-corrected chi connectivity index (χ3v) is 14.6. The van der Waals surface area contributed by atoms with E-state index in [0.717, 1.165) is 54.4 Å². The Hall–Kier alpha value is -4.16. The number of esters is 2. The zero-order chi connectivity index (χ0) is 49.2. The van der Waals surface area contributed by atoms with Gasteiger partial charge in [-0.15, -0.1) is 0 Å². The van der Waals surface area contributed by atoms with Crippen LogP contribution in [0.15, 0.2) is 109 Å². The van der Waals surface area contributed by atoms with Gasteiger partial charge in [-0.2, -0.15) is 0 Å². The number of hydrogen-bond acceptors (Lipinski definition) is 6. The quantitative estimate of drug-likeness (QED) is 0.0177. The second kappa shape index (κ2) is 31.3. The summed E-state index contributed by atoms with van der Waals surface area (Å²) in [6, 6.07) is 34.9. The Morgan fingerprint density at radius 1 is 0.371 bits per heavy atom. The van der Waals surface area contributed by atoms with E-state index in [-0.39, 0.29) is 0 Å². The van der Waals surface area contributed by atoms with Crippen molar-refractivity contribution in [3.63, 3.8) is 0 Å². The lowest BCUT2D eigenvalue weighted by Gasteiger charge is -2.19. The molecule has 6 aromatic rings. The molecule has 0 N–H and O–H groups in total. The molecule has 70 heavy (non-hydrogen) atoms. The van der Waals surface area contributed by atoms with Crippen molar-refractivity contribution in [2.24, 2.45) is 0 Å². The number of benzene rings is 6. The molecule has 0 aliphatic carbocycles. The number of carbonyl (C=O) groups excluding carboxylic acids is 2. The number of unbranched alkanes of at least 4 members (excludes halogenated alkanes) is 22. The first-order valence-corrected chi connectivity index (χ1v) is 28.9. The van der Waals surface area contributed by atoms with Crippen LogP contribution < -0.4 is 18.9 Å². The molecule has 0 saturated carbocycles. The third kappa shape index (κ3) is 17.6. The van der Waals surface area contributed by atoms with Crippen molar-refractivity contribution in [3.05, 3.63) is 127 Å². The van der Waals surface area contributed by atoms with E-state index in [2.05, 4.69) is 59.0 Å². The first-order valence-electron chi connectivity index (χ1n) is 26.7. The summed E-state index contributed by atoms with van der Waals surface area (Å²) >= 11 is 4.45. The van der Waals surface area contributed by atoms with Gasteiger partial charge in [0.25, 0.3) is 0 Å². The zero-order valence-electron chi connectivity index (χ0n) is 42.0. The van der Waals surface area contributed by atoms with Crippen LogP contribution in [-0.4, -0.2) is 25.2 Å². The molecule has 0 aliphatic rings. The molecule has 6 nitrogen and oxygen atoms in total. The van der Waals surface area contributed by atoms with Crippen molar-refractivity contribution in [3.8, 4) is 34.1 Å². The van der Waals surface area contributed by atoms with Crippen LogP contribution >= 0.6 is 45.2 Å². The van der Waals surface area contributed by atoms with Gasteiger partial charge in [0.2, 0.25) is 0 Å². The van der Waals surface area contributed by atoms with E-state index >= 15 is 0 Å². The van der Waals surface area contributed by atoms with Gasteiger partial charge in [-0.25, -0.2) is 9.59 Å². The van der Waals surface area contributed by atoms with Crippen molar-refractivity contribution in [2.45, 2.75) is 168 Å². The first kappa shape index (κ1) is 55.2. The normalized spacial score (nSPS) is 11.3. The molecule has 0 aliphatic heterocycles. The Balaban J connectivity index is 1.15. The SMILES string of the molecule is CCCCCCCCCCCCCCOc1ccc(I)cc1C(=O)Oc1ccc2ccccc2c1-c1c(OC(=O)c2cc(I)ccc2OCCCCCCCCCCCCCC)ccc2ccccc12. The third-order valence-electron chi connectivity index (χ3n) is 13.3. The van der Waals surface area contributed by atoms with Crippen LogP contribution in [0.2, 0.25) is 0 Å². The minimum atomic E-state index is -0.521. The average Bonchev–Trinajstić information content (AvgIpc) is 3.37. The summed E-state index contributed by atoms with van der Waals surface area (Å²) in [5.41, 5.74) is 2.04. The Kier molecular flexibility index (Phi) is 24.7. The van der Waals surface area contributed by atoms with Crippen LogP contribution in [-0.2, 0) is 0 Å². The molecular formula is C62H76I2O6. The van der Waals surface area contributed by atoms with Gasteiger partial charge in [0.15, 0.2) is 0 Å². The molecule has 6 rings (SSSR count). The molecule has 0 saturated heterocycles. The first-order chi connectivity index (χ1) is 34.4. The predicted molar refractivity (Wildman–Crippen MR) is 308 cm³/mol. The molecule has 0 unspecified atom stereocenters. The summed E-state index contributed by atoms with van der Waals surface area (Å²) in [6.45, 7) is 5.59. The number of hydrogen-bond donors (Lipinski definition) is 0. The summed E-state index contributed by atoms with van der Waals surface area (Å²) in [6.07, 6.45) is 30.4. The zero-order valence-corrected chi connectivity index (χ0v) is 46.3. The molecule has 0 aromatic heterocycles. The molecule has 0 bridgehead atoms. The molecule has 374 valence electrons. The van der Waals surface area contributed by atoms with Crippen LogP contribution in [0.1, 0.15) is 189 Å². The average molecular weight is 1170 g/mol. The minimum Gasteiger partial charge on any atom is -0.493 e. The summed E-state index contributed by atoms with van der Waals surface area (Å²) in [5, 5.41) is 3.62. The summed E-state index contributed by atoms with van der Waals surface area (Å²) in [7, 11) is 0.